The van der Waals surface area contributed by atoms with E-state index >= 15 is 0 Å². The van der Waals surface area contributed by atoms with Gasteiger partial charge in [0.1, 0.15) is 5.82 Å². The van der Waals surface area contributed by atoms with Crippen molar-refractivity contribution in [2.24, 2.45) is 11.8 Å². The van der Waals surface area contributed by atoms with E-state index < -0.39 is 24.8 Å². The molecule has 7 heteroatoms. The monoisotopic (exact) mass is 255 g/mol. The van der Waals surface area contributed by atoms with Gasteiger partial charge in [0.05, 0.1) is 11.6 Å². The summed E-state index contributed by atoms with van der Waals surface area (Å²) in [6.45, 7) is 3.48. The summed E-state index contributed by atoms with van der Waals surface area (Å²) in [5.74, 6) is -2.60. The van der Waals surface area contributed by atoms with Crippen molar-refractivity contribution in [3.8, 4) is 0 Å². The van der Waals surface area contributed by atoms with E-state index in [4.69, 9.17) is 15.2 Å². The van der Waals surface area contributed by atoms with Crippen molar-refractivity contribution in [2.45, 2.75) is 20.3 Å². The second kappa shape index (κ2) is 5.93. The van der Waals surface area contributed by atoms with Crippen LogP contribution in [0, 0.1) is 17.7 Å². The number of carboxylic acids is 1. The van der Waals surface area contributed by atoms with Crippen molar-refractivity contribution >= 4 is 18.6 Å². The molecule has 0 fully saturated rings. The summed E-state index contributed by atoms with van der Waals surface area (Å²) in [6, 6.07) is 0.951. The SMILES string of the molecule is CC(C)C(Cc1ncc(B(O)O)cc1F)C(=O)O. The summed E-state index contributed by atoms with van der Waals surface area (Å²) in [5.41, 5.74) is -0.0480. The first-order valence-electron chi connectivity index (χ1n) is 5.56. The maximum absolute atomic E-state index is 13.6. The molecule has 0 radical (unpaired) electrons. The number of aromatic nitrogens is 1. The van der Waals surface area contributed by atoms with E-state index in [9.17, 15) is 9.18 Å². The molecule has 1 aromatic heterocycles. The highest BCUT2D eigenvalue weighted by atomic mass is 19.1. The maximum Gasteiger partial charge on any atom is 0.490 e. The third-order valence-corrected chi connectivity index (χ3v) is 2.77. The number of nitrogens with zero attached hydrogens (tertiary/aromatic N) is 1. The molecule has 0 aliphatic heterocycles. The number of pyridine rings is 1. The van der Waals surface area contributed by atoms with Gasteiger partial charge in [-0.1, -0.05) is 13.8 Å². The van der Waals surface area contributed by atoms with E-state index in [1.807, 2.05) is 0 Å². The maximum atomic E-state index is 13.6. The highest BCUT2D eigenvalue weighted by Gasteiger charge is 2.24. The van der Waals surface area contributed by atoms with Crippen LogP contribution < -0.4 is 5.46 Å². The van der Waals surface area contributed by atoms with E-state index in [0.717, 1.165) is 12.3 Å². The highest BCUT2D eigenvalue weighted by Crippen LogP contribution is 2.17. The van der Waals surface area contributed by atoms with E-state index in [2.05, 4.69) is 4.98 Å². The van der Waals surface area contributed by atoms with Crippen LogP contribution >= 0.6 is 0 Å². The van der Waals surface area contributed by atoms with Crippen molar-refractivity contribution in [2.75, 3.05) is 0 Å². The number of hydrogen-bond acceptors (Lipinski definition) is 4. The second-order valence-corrected chi connectivity index (χ2v) is 4.46. The van der Waals surface area contributed by atoms with Crippen LogP contribution in [0.4, 0.5) is 4.39 Å². The summed E-state index contributed by atoms with van der Waals surface area (Å²) in [4.78, 5) is 14.7. The molecule has 1 unspecified atom stereocenters. The Labute approximate surface area is 104 Å². The summed E-state index contributed by atoms with van der Waals surface area (Å²) < 4.78 is 13.6. The van der Waals surface area contributed by atoms with Gasteiger partial charge in [-0.2, -0.15) is 0 Å². The number of carboxylic acid groups (broad SMARTS) is 1. The molecule has 0 aliphatic rings. The van der Waals surface area contributed by atoms with Gasteiger partial charge in [0.25, 0.3) is 0 Å². The fourth-order valence-corrected chi connectivity index (χ4v) is 1.59. The van der Waals surface area contributed by atoms with Crippen molar-refractivity contribution in [3.05, 3.63) is 23.8 Å². The highest BCUT2D eigenvalue weighted by molar-refractivity contribution is 6.58. The van der Waals surface area contributed by atoms with Crippen molar-refractivity contribution in [1.29, 1.82) is 0 Å². The van der Waals surface area contributed by atoms with Crippen molar-refractivity contribution in [1.82, 2.24) is 4.98 Å². The van der Waals surface area contributed by atoms with Gasteiger partial charge in [-0.05, 0) is 12.0 Å². The Kier molecular flexibility index (Phi) is 4.80. The van der Waals surface area contributed by atoms with E-state index in [1.165, 1.54) is 0 Å². The first-order chi connectivity index (χ1) is 8.32. The Hall–Kier alpha value is -1.47. The van der Waals surface area contributed by atoms with Gasteiger partial charge in [-0.3, -0.25) is 9.78 Å². The first kappa shape index (κ1) is 14.6. The van der Waals surface area contributed by atoms with Crippen LogP contribution in [0.3, 0.4) is 0 Å². The minimum Gasteiger partial charge on any atom is -0.481 e. The number of halogens is 1. The Morgan fingerprint density at radius 1 is 1.50 bits per heavy atom. The molecule has 5 nitrogen and oxygen atoms in total. The molecule has 0 bridgehead atoms. The van der Waals surface area contributed by atoms with Crippen molar-refractivity contribution in [3.63, 3.8) is 0 Å². The largest absolute Gasteiger partial charge is 0.490 e. The van der Waals surface area contributed by atoms with Gasteiger partial charge in [-0.15, -0.1) is 0 Å². The molecule has 0 spiro atoms. The van der Waals surface area contributed by atoms with Crippen LogP contribution in [0.2, 0.25) is 0 Å². The van der Waals surface area contributed by atoms with Gasteiger partial charge in [0.15, 0.2) is 0 Å². The summed E-state index contributed by atoms with van der Waals surface area (Å²) in [5, 5.41) is 26.7. The zero-order chi connectivity index (χ0) is 13.9. The lowest BCUT2D eigenvalue weighted by Gasteiger charge is -2.16. The van der Waals surface area contributed by atoms with Gasteiger partial charge in [-0.25, -0.2) is 4.39 Å². The lowest BCUT2D eigenvalue weighted by molar-refractivity contribution is -0.143. The molecule has 0 aliphatic carbocycles. The molecule has 1 aromatic rings. The molecule has 0 amide bonds. The summed E-state index contributed by atoms with van der Waals surface area (Å²) in [6.07, 6.45) is 1.10. The molecule has 0 aromatic carbocycles. The minimum atomic E-state index is -1.79. The number of carbonyl (C=O) groups is 1. The van der Waals surface area contributed by atoms with Crippen LogP contribution in [0.25, 0.3) is 0 Å². The fourth-order valence-electron chi connectivity index (χ4n) is 1.59. The van der Waals surface area contributed by atoms with Crippen LogP contribution in [0.5, 0.6) is 0 Å². The molecule has 1 rings (SSSR count). The van der Waals surface area contributed by atoms with Crippen LogP contribution in [0.15, 0.2) is 12.3 Å². The fraction of sp³-hybridized carbons (Fsp3) is 0.455. The quantitative estimate of drug-likeness (QED) is 0.634. The molecule has 3 N–H and O–H groups in total. The van der Waals surface area contributed by atoms with Crippen molar-refractivity contribution < 1.29 is 24.3 Å². The van der Waals surface area contributed by atoms with Gasteiger partial charge in [0, 0.05) is 18.1 Å². The predicted octanol–water partition coefficient (Wildman–Crippen LogP) is -0.200. The topological polar surface area (TPSA) is 90.7 Å². The summed E-state index contributed by atoms with van der Waals surface area (Å²) >= 11 is 0. The van der Waals surface area contributed by atoms with Crippen LogP contribution in [-0.2, 0) is 11.2 Å². The van der Waals surface area contributed by atoms with Gasteiger partial charge < -0.3 is 15.2 Å². The third-order valence-electron chi connectivity index (χ3n) is 2.77. The predicted molar refractivity (Wildman–Crippen MR) is 63.7 cm³/mol. The second-order valence-electron chi connectivity index (χ2n) is 4.46. The zero-order valence-electron chi connectivity index (χ0n) is 10.2. The average molecular weight is 255 g/mol. The van der Waals surface area contributed by atoms with E-state index in [0.29, 0.717) is 0 Å². The first-order valence-corrected chi connectivity index (χ1v) is 5.56. The molecule has 1 heterocycles. The lowest BCUT2D eigenvalue weighted by Crippen LogP contribution is -2.31. The molecule has 0 saturated carbocycles. The van der Waals surface area contributed by atoms with Gasteiger partial charge in [0.2, 0.25) is 0 Å². The Morgan fingerprint density at radius 2 is 2.11 bits per heavy atom. The molecule has 1 atom stereocenters. The zero-order valence-corrected chi connectivity index (χ0v) is 10.2. The van der Waals surface area contributed by atoms with Crippen LogP contribution in [0.1, 0.15) is 19.5 Å². The molecule has 0 saturated heterocycles. The van der Waals surface area contributed by atoms with Gasteiger partial charge >= 0.3 is 13.1 Å². The smallest absolute Gasteiger partial charge is 0.481 e. The third kappa shape index (κ3) is 3.51. The van der Waals surface area contributed by atoms with Crippen LogP contribution in [-0.4, -0.2) is 33.2 Å². The number of rotatable bonds is 5. The summed E-state index contributed by atoms with van der Waals surface area (Å²) in [7, 11) is -1.79. The molecular weight excluding hydrogens is 240 g/mol. The Bertz CT molecular complexity index is 439. The number of hydrogen-bond donors (Lipinski definition) is 3. The molecule has 98 valence electrons. The average Bonchev–Trinajstić information content (AvgIpc) is 2.25. The standard InChI is InChI=1S/C11H15BFNO4/c1-6(2)8(11(15)16)4-10-9(13)3-7(5-14-10)12(17)18/h3,5-6,8,17-18H,4H2,1-2H3,(H,15,16). The van der Waals surface area contributed by atoms with E-state index in [-0.39, 0.29) is 23.5 Å². The van der Waals surface area contributed by atoms with E-state index in [1.54, 1.807) is 13.8 Å². The normalized spacial score (nSPS) is 12.6. The minimum absolute atomic E-state index is 0.0144. The lowest BCUT2D eigenvalue weighted by atomic mass is 9.81. The number of aliphatic carboxylic acids is 1. The molecule has 18 heavy (non-hydrogen) atoms. The Balaban J connectivity index is 2.94. The Morgan fingerprint density at radius 3 is 2.50 bits per heavy atom. The molecular formula is C11H15BFNO4.